The molecule has 0 amide bonds. The Balaban J connectivity index is 2.98. The summed E-state index contributed by atoms with van der Waals surface area (Å²) in [5.41, 5.74) is 2.10. The fraction of sp³-hybridized carbons (Fsp3) is 0.625. The average molecular weight is 282 g/mol. The molecule has 114 valence electrons. The summed E-state index contributed by atoms with van der Waals surface area (Å²) < 4.78 is 18.7. The molecule has 1 unspecified atom stereocenters. The maximum atomic E-state index is 13.6. The van der Waals surface area contributed by atoms with Crippen molar-refractivity contribution in [1.29, 1.82) is 0 Å². The first-order valence-electron chi connectivity index (χ1n) is 7.40. The Labute approximate surface area is 122 Å². The van der Waals surface area contributed by atoms with E-state index in [-0.39, 0.29) is 11.9 Å². The van der Waals surface area contributed by atoms with E-state index in [1.165, 1.54) is 6.07 Å². The number of hydrogen-bond acceptors (Lipinski definition) is 3. The van der Waals surface area contributed by atoms with Crippen molar-refractivity contribution < 1.29 is 9.13 Å². The molecule has 0 spiro atoms. The predicted molar refractivity (Wildman–Crippen MR) is 82.9 cm³/mol. The number of nitrogens with zero attached hydrogens (tertiary/aromatic N) is 1. The van der Waals surface area contributed by atoms with E-state index in [9.17, 15) is 4.39 Å². The van der Waals surface area contributed by atoms with E-state index in [1.54, 1.807) is 13.2 Å². The van der Waals surface area contributed by atoms with Gasteiger partial charge in [0, 0.05) is 31.9 Å². The first-order chi connectivity index (χ1) is 9.63. The van der Waals surface area contributed by atoms with Crippen LogP contribution in [0.2, 0.25) is 0 Å². The summed E-state index contributed by atoms with van der Waals surface area (Å²) >= 11 is 0. The average Bonchev–Trinajstić information content (AvgIpc) is 2.46. The molecule has 0 aliphatic carbocycles. The molecule has 3 nitrogen and oxygen atoms in total. The number of benzene rings is 1. The molecule has 0 aliphatic heterocycles. The van der Waals surface area contributed by atoms with Gasteiger partial charge in [0.25, 0.3) is 0 Å². The Kier molecular flexibility index (Phi) is 7.55. The van der Waals surface area contributed by atoms with Crippen molar-refractivity contribution in [3.05, 3.63) is 29.6 Å². The topological polar surface area (TPSA) is 24.5 Å². The third-order valence-corrected chi connectivity index (χ3v) is 3.44. The van der Waals surface area contributed by atoms with Gasteiger partial charge in [-0.05, 0) is 50.6 Å². The lowest BCUT2D eigenvalue weighted by molar-refractivity contribution is 0.205. The molecule has 0 heterocycles. The zero-order valence-corrected chi connectivity index (χ0v) is 13.1. The van der Waals surface area contributed by atoms with E-state index in [0.29, 0.717) is 6.61 Å². The number of nitrogens with one attached hydrogen (secondary N) is 1. The summed E-state index contributed by atoms with van der Waals surface area (Å²) in [6, 6.07) is 5.17. The Hall–Kier alpha value is -1.13. The van der Waals surface area contributed by atoms with Crippen LogP contribution in [0.3, 0.4) is 0 Å². The molecular weight excluding hydrogens is 255 g/mol. The van der Waals surface area contributed by atoms with Crippen molar-refractivity contribution in [2.45, 2.75) is 33.2 Å². The molecule has 0 saturated carbocycles. The van der Waals surface area contributed by atoms with Gasteiger partial charge in [0.1, 0.15) is 5.82 Å². The highest BCUT2D eigenvalue weighted by atomic mass is 19.1. The smallest absolute Gasteiger partial charge is 0.123 e. The molecule has 1 rings (SSSR count). The standard InChI is InChI=1S/C16H27FN2O/c1-5-9-18-13(3)15-12-14(17)7-8-16(15)19(6-2)10-11-20-4/h7-8,12-13,18H,5-6,9-11H2,1-4H3. The van der Waals surface area contributed by atoms with E-state index >= 15 is 0 Å². The minimum atomic E-state index is -0.184. The van der Waals surface area contributed by atoms with Crippen molar-refractivity contribution >= 4 is 5.69 Å². The second kappa shape index (κ2) is 8.93. The van der Waals surface area contributed by atoms with E-state index in [0.717, 1.165) is 37.3 Å². The van der Waals surface area contributed by atoms with Gasteiger partial charge >= 0.3 is 0 Å². The fourth-order valence-corrected chi connectivity index (χ4v) is 2.28. The molecule has 1 atom stereocenters. The third-order valence-electron chi connectivity index (χ3n) is 3.44. The SMILES string of the molecule is CCCNC(C)c1cc(F)ccc1N(CC)CCOC. The maximum absolute atomic E-state index is 13.6. The highest BCUT2D eigenvalue weighted by Gasteiger charge is 2.15. The molecule has 0 bridgehead atoms. The van der Waals surface area contributed by atoms with Crippen LogP contribution < -0.4 is 10.2 Å². The second-order valence-corrected chi connectivity index (χ2v) is 4.95. The third kappa shape index (κ3) is 4.76. The van der Waals surface area contributed by atoms with Crippen molar-refractivity contribution in [3.63, 3.8) is 0 Å². The summed E-state index contributed by atoms with van der Waals surface area (Å²) in [6.07, 6.45) is 1.07. The van der Waals surface area contributed by atoms with Gasteiger partial charge in [0.2, 0.25) is 0 Å². The van der Waals surface area contributed by atoms with Crippen LogP contribution in [0.4, 0.5) is 10.1 Å². The van der Waals surface area contributed by atoms with Crippen LogP contribution >= 0.6 is 0 Å². The van der Waals surface area contributed by atoms with E-state index in [1.807, 2.05) is 6.07 Å². The molecule has 0 radical (unpaired) electrons. The van der Waals surface area contributed by atoms with Crippen LogP contribution in [0.5, 0.6) is 0 Å². The molecular formula is C16H27FN2O. The van der Waals surface area contributed by atoms with Crippen LogP contribution in [0, 0.1) is 5.82 Å². The lowest BCUT2D eigenvalue weighted by Gasteiger charge is -2.28. The second-order valence-electron chi connectivity index (χ2n) is 4.95. The van der Waals surface area contributed by atoms with E-state index < -0.39 is 0 Å². The van der Waals surface area contributed by atoms with Crippen LogP contribution in [0.25, 0.3) is 0 Å². The quantitative estimate of drug-likeness (QED) is 0.751. The van der Waals surface area contributed by atoms with Crippen LogP contribution in [-0.4, -0.2) is 33.4 Å². The van der Waals surface area contributed by atoms with Crippen molar-refractivity contribution in [1.82, 2.24) is 5.32 Å². The molecule has 0 aliphatic rings. The van der Waals surface area contributed by atoms with Gasteiger partial charge in [-0.25, -0.2) is 4.39 Å². The molecule has 0 fully saturated rings. The minimum absolute atomic E-state index is 0.136. The van der Waals surface area contributed by atoms with E-state index in [2.05, 4.69) is 31.0 Å². The van der Waals surface area contributed by atoms with Crippen molar-refractivity contribution in [2.24, 2.45) is 0 Å². The first-order valence-corrected chi connectivity index (χ1v) is 7.40. The van der Waals surface area contributed by atoms with Crippen LogP contribution in [0.15, 0.2) is 18.2 Å². The van der Waals surface area contributed by atoms with Crippen LogP contribution in [-0.2, 0) is 4.74 Å². The number of halogens is 1. The highest BCUT2D eigenvalue weighted by molar-refractivity contribution is 5.55. The summed E-state index contributed by atoms with van der Waals surface area (Å²) in [5, 5.41) is 3.43. The minimum Gasteiger partial charge on any atom is -0.383 e. The summed E-state index contributed by atoms with van der Waals surface area (Å²) in [5.74, 6) is -0.184. The molecule has 1 aromatic rings. The van der Waals surface area contributed by atoms with Crippen LogP contribution in [0.1, 0.15) is 38.8 Å². The maximum Gasteiger partial charge on any atom is 0.123 e. The zero-order valence-electron chi connectivity index (χ0n) is 13.1. The van der Waals surface area contributed by atoms with Gasteiger partial charge < -0.3 is 15.0 Å². The Bertz CT molecular complexity index is 398. The Morgan fingerprint density at radius 1 is 1.35 bits per heavy atom. The van der Waals surface area contributed by atoms with Crippen molar-refractivity contribution in [2.75, 3.05) is 38.3 Å². The highest BCUT2D eigenvalue weighted by Crippen LogP contribution is 2.27. The summed E-state index contributed by atoms with van der Waals surface area (Å²) in [6.45, 7) is 9.60. The van der Waals surface area contributed by atoms with E-state index in [4.69, 9.17) is 4.74 Å². The lowest BCUT2D eigenvalue weighted by atomic mass is 10.0. The molecule has 1 aromatic carbocycles. The number of methoxy groups -OCH3 is 1. The van der Waals surface area contributed by atoms with Gasteiger partial charge in [0.05, 0.1) is 6.61 Å². The van der Waals surface area contributed by atoms with Crippen molar-refractivity contribution in [3.8, 4) is 0 Å². The number of likely N-dealkylation sites (N-methyl/N-ethyl adjacent to an activating group) is 1. The Morgan fingerprint density at radius 3 is 2.70 bits per heavy atom. The van der Waals surface area contributed by atoms with Gasteiger partial charge in [-0.2, -0.15) is 0 Å². The molecule has 1 N–H and O–H groups in total. The summed E-state index contributed by atoms with van der Waals surface area (Å²) in [4.78, 5) is 2.22. The Morgan fingerprint density at radius 2 is 2.10 bits per heavy atom. The van der Waals surface area contributed by atoms with Gasteiger partial charge in [0.15, 0.2) is 0 Å². The summed E-state index contributed by atoms with van der Waals surface area (Å²) in [7, 11) is 1.70. The largest absolute Gasteiger partial charge is 0.383 e. The number of rotatable bonds is 9. The monoisotopic (exact) mass is 282 g/mol. The van der Waals surface area contributed by atoms with Gasteiger partial charge in [-0.15, -0.1) is 0 Å². The first kappa shape index (κ1) is 16.9. The fourth-order valence-electron chi connectivity index (χ4n) is 2.28. The molecule has 20 heavy (non-hydrogen) atoms. The molecule has 4 heteroatoms. The predicted octanol–water partition coefficient (Wildman–Crippen LogP) is 3.36. The lowest BCUT2D eigenvalue weighted by Crippen LogP contribution is -2.29. The normalized spacial score (nSPS) is 12.4. The van der Waals surface area contributed by atoms with Gasteiger partial charge in [-0.1, -0.05) is 6.92 Å². The zero-order chi connectivity index (χ0) is 15.0. The number of ether oxygens (including phenoxy) is 1. The number of anilines is 1. The molecule has 0 saturated heterocycles. The molecule has 0 aromatic heterocycles. The van der Waals surface area contributed by atoms with Gasteiger partial charge in [-0.3, -0.25) is 0 Å². The number of hydrogen-bond donors (Lipinski definition) is 1.